The van der Waals surface area contributed by atoms with Crippen molar-refractivity contribution >= 4 is 68.0 Å². The first kappa shape index (κ1) is 43.5. The minimum Gasteiger partial charge on any atom is -0.368 e. The molecule has 0 aliphatic carbocycles. The summed E-state index contributed by atoms with van der Waals surface area (Å²) in [5.74, 6) is 0.154. The smallest absolute Gasteiger partial charge is 0.220 e. The zero-order chi connectivity index (χ0) is 27.9. The molecule has 2 N–H and O–H groups in total. The van der Waals surface area contributed by atoms with Gasteiger partial charge in [0.2, 0.25) is 5.95 Å². The molecule has 45 heavy (non-hydrogen) atoms. The van der Waals surface area contributed by atoms with Crippen LogP contribution in [0.15, 0.2) is 60.8 Å². The van der Waals surface area contributed by atoms with E-state index in [1.165, 1.54) is 5.56 Å². The summed E-state index contributed by atoms with van der Waals surface area (Å²) in [5, 5.41) is 0. The van der Waals surface area contributed by atoms with Crippen molar-refractivity contribution in [2.75, 3.05) is 71.2 Å². The van der Waals surface area contributed by atoms with Gasteiger partial charge in [0.25, 0.3) is 0 Å². The first-order valence-corrected chi connectivity index (χ1v) is 14.8. The number of nitrogen functional groups attached to an aromatic ring is 1. The summed E-state index contributed by atoms with van der Waals surface area (Å²) in [5.41, 5.74) is 10.3. The van der Waals surface area contributed by atoms with Crippen molar-refractivity contribution in [2.45, 2.75) is 38.8 Å². The fourth-order valence-electron chi connectivity index (χ4n) is 6.06. The second-order valence-electron chi connectivity index (χ2n) is 11.4. The van der Waals surface area contributed by atoms with Crippen LogP contribution >= 0.6 is 62.0 Å². The quantitative estimate of drug-likeness (QED) is 0.264. The van der Waals surface area contributed by atoms with Gasteiger partial charge in [-0.25, -0.2) is 14.4 Å². The van der Waals surface area contributed by atoms with Gasteiger partial charge in [0.15, 0.2) is 0 Å². The van der Waals surface area contributed by atoms with Gasteiger partial charge in [0, 0.05) is 82.7 Å². The van der Waals surface area contributed by atoms with Crippen LogP contribution in [-0.2, 0) is 6.42 Å². The fourth-order valence-corrected chi connectivity index (χ4v) is 6.06. The Morgan fingerprint density at radius 1 is 0.756 bits per heavy atom. The Balaban J connectivity index is 0.00000387. The number of hydrogen-bond donors (Lipinski definition) is 1. The number of rotatable bonds is 10. The van der Waals surface area contributed by atoms with E-state index in [1.54, 1.807) is 12.1 Å². The van der Waals surface area contributed by atoms with E-state index in [4.69, 9.17) is 5.73 Å². The first-order chi connectivity index (χ1) is 19.5. The van der Waals surface area contributed by atoms with Crippen molar-refractivity contribution in [1.82, 2.24) is 29.6 Å². The summed E-state index contributed by atoms with van der Waals surface area (Å²) >= 11 is 0. The minimum atomic E-state index is -0.165. The molecule has 1 aromatic heterocycles. The Bertz CT molecular complexity index is 1210. The first-order valence-electron chi connectivity index (χ1n) is 14.8. The monoisotopic (exact) mass is 725 g/mol. The molecule has 2 aromatic carbocycles. The molecule has 254 valence electrons. The normalized spacial score (nSPS) is 16.7. The van der Waals surface area contributed by atoms with Crippen molar-refractivity contribution in [3.63, 3.8) is 0 Å². The van der Waals surface area contributed by atoms with Crippen LogP contribution in [0.2, 0.25) is 0 Å². The van der Waals surface area contributed by atoms with E-state index in [9.17, 15) is 4.39 Å². The minimum absolute atomic E-state index is 0. The average molecular weight is 728 g/mol. The lowest BCUT2D eigenvalue weighted by Gasteiger charge is -2.43. The van der Waals surface area contributed by atoms with Crippen LogP contribution in [0.25, 0.3) is 11.3 Å². The van der Waals surface area contributed by atoms with Crippen LogP contribution < -0.4 is 5.73 Å². The summed E-state index contributed by atoms with van der Waals surface area (Å²) in [6, 6.07) is 18.3. The van der Waals surface area contributed by atoms with E-state index in [0.717, 1.165) is 95.1 Å². The van der Waals surface area contributed by atoms with E-state index < -0.39 is 0 Å². The molecule has 3 aromatic rings. The Morgan fingerprint density at radius 2 is 1.33 bits per heavy atom. The number of benzene rings is 2. The molecular weight excluding hydrogens is 679 g/mol. The van der Waals surface area contributed by atoms with Gasteiger partial charge in [0.1, 0.15) is 5.82 Å². The summed E-state index contributed by atoms with van der Waals surface area (Å²) in [6.07, 6.45) is 3.88. The maximum atomic E-state index is 13.7. The molecule has 5 rings (SSSR count). The van der Waals surface area contributed by atoms with E-state index in [2.05, 4.69) is 55.5 Å². The lowest BCUT2D eigenvalue weighted by Crippen LogP contribution is -2.53. The van der Waals surface area contributed by atoms with Crippen molar-refractivity contribution in [2.24, 2.45) is 0 Å². The van der Waals surface area contributed by atoms with Gasteiger partial charge < -0.3 is 10.6 Å². The van der Waals surface area contributed by atoms with Crippen molar-refractivity contribution in [1.29, 1.82) is 0 Å². The predicted octanol–water partition coefficient (Wildman–Crippen LogP) is 6.29. The molecule has 7 nitrogen and oxygen atoms in total. The topological polar surface area (TPSA) is 64.8 Å². The van der Waals surface area contributed by atoms with Gasteiger partial charge in [0.05, 0.1) is 5.69 Å². The van der Waals surface area contributed by atoms with Gasteiger partial charge in [-0.1, -0.05) is 42.5 Å². The van der Waals surface area contributed by atoms with Crippen LogP contribution in [0.3, 0.4) is 0 Å². The van der Waals surface area contributed by atoms with Gasteiger partial charge in [-0.05, 0) is 56.5 Å². The van der Waals surface area contributed by atoms with Crippen LogP contribution in [0.5, 0.6) is 0 Å². The van der Waals surface area contributed by atoms with E-state index in [1.807, 2.05) is 36.5 Å². The van der Waals surface area contributed by atoms with Gasteiger partial charge in [-0.3, -0.25) is 14.7 Å². The highest BCUT2D eigenvalue weighted by atomic mass is 35.5. The number of halogens is 6. The summed E-state index contributed by atoms with van der Waals surface area (Å²) in [6.45, 7) is 15.2. The van der Waals surface area contributed by atoms with Crippen LogP contribution in [-0.4, -0.2) is 101 Å². The molecule has 2 saturated heterocycles. The van der Waals surface area contributed by atoms with E-state index in [-0.39, 0.29) is 67.9 Å². The Hall–Kier alpha value is -1.46. The van der Waals surface area contributed by atoms with E-state index in [0.29, 0.717) is 18.0 Å². The molecule has 0 spiro atoms. The molecule has 0 amide bonds. The zero-order valence-electron chi connectivity index (χ0n) is 26.1. The second kappa shape index (κ2) is 21.4. The number of aromatic nitrogens is 2. The SMILES string of the molecule is CC(C)N1CCN(C(CN2CCN(CCCc3cnc(N)nc3-c3ccccc3)CC2)c2ccc(F)cc2)CC1.Cl.Cl.Cl.Cl.Cl. The maximum Gasteiger partial charge on any atom is 0.220 e. The number of nitrogens with two attached hydrogens (primary N) is 1. The van der Waals surface area contributed by atoms with Crippen LogP contribution in [0, 0.1) is 5.82 Å². The molecule has 2 aliphatic heterocycles. The third-order valence-electron chi connectivity index (χ3n) is 8.52. The molecule has 0 radical (unpaired) electrons. The largest absolute Gasteiger partial charge is 0.368 e. The van der Waals surface area contributed by atoms with Crippen molar-refractivity contribution < 1.29 is 4.39 Å². The molecule has 2 fully saturated rings. The number of aryl methyl sites for hydroxylation is 1. The number of anilines is 1. The number of piperazine rings is 2. The predicted molar refractivity (Wildman–Crippen MR) is 197 cm³/mol. The zero-order valence-corrected chi connectivity index (χ0v) is 30.2. The Kier molecular flexibility index (Phi) is 20.7. The lowest BCUT2D eigenvalue weighted by atomic mass is 10.0. The third kappa shape index (κ3) is 12.3. The van der Waals surface area contributed by atoms with Crippen LogP contribution in [0.4, 0.5) is 10.3 Å². The lowest BCUT2D eigenvalue weighted by molar-refractivity contribution is 0.0481. The molecule has 3 heterocycles. The van der Waals surface area contributed by atoms with Gasteiger partial charge in [-0.15, -0.1) is 62.0 Å². The third-order valence-corrected chi connectivity index (χ3v) is 8.52. The van der Waals surface area contributed by atoms with Crippen LogP contribution in [0.1, 0.15) is 37.4 Å². The summed E-state index contributed by atoms with van der Waals surface area (Å²) in [4.78, 5) is 19.1. The summed E-state index contributed by atoms with van der Waals surface area (Å²) < 4.78 is 13.7. The van der Waals surface area contributed by atoms with Crippen molar-refractivity contribution in [3.05, 3.63) is 77.7 Å². The molecule has 1 unspecified atom stereocenters. The van der Waals surface area contributed by atoms with Gasteiger partial charge in [-0.2, -0.15) is 0 Å². The summed E-state index contributed by atoms with van der Waals surface area (Å²) in [7, 11) is 0. The number of nitrogens with zero attached hydrogens (tertiary/aromatic N) is 6. The number of hydrogen-bond acceptors (Lipinski definition) is 7. The fraction of sp³-hybridized carbons (Fsp3) is 0.500. The van der Waals surface area contributed by atoms with Crippen molar-refractivity contribution in [3.8, 4) is 11.3 Å². The highest BCUT2D eigenvalue weighted by molar-refractivity contribution is 5.86. The highest BCUT2D eigenvalue weighted by Gasteiger charge is 2.29. The van der Waals surface area contributed by atoms with Gasteiger partial charge >= 0.3 is 0 Å². The molecule has 0 bridgehead atoms. The maximum absolute atomic E-state index is 13.7. The molecule has 13 heteroatoms. The molecule has 1 atom stereocenters. The molecular formula is C32H49Cl5FN7. The Morgan fingerprint density at radius 3 is 1.93 bits per heavy atom. The van der Waals surface area contributed by atoms with E-state index >= 15 is 0 Å². The second-order valence-corrected chi connectivity index (χ2v) is 11.4. The Labute approximate surface area is 299 Å². The standard InChI is InChI=1S/C32H44FN7.5ClH/c1-25(2)39-19-21-40(22-20-39)30(26-10-12-29(33)13-11-26)24-38-17-15-37(16-18-38)14-6-9-28-23-35-32(34)36-31(28)27-7-4-3-5-8-27;;;;;/h3-5,7-8,10-13,23,25,30H,6,9,14-22,24H2,1-2H3,(H2,34,35,36);5*1H. The molecule has 2 aliphatic rings. The molecule has 0 saturated carbocycles. The average Bonchev–Trinajstić information content (AvgIpc) is 2.98. The highest BCUT2D eigenvalue weighted by Crippen LogP contribution is 2.26.